The predicted octanol–water partition coefficient (Wildman–Crippen LogP) is 2.90. The third kappa shape index (κ3) is 4.12. The third-order valence-corrected chi connectivity index (χ3v) is 4.71. The zero-order valence-corrected chi connectivity index (χ0v) is 13.1. The molecule has 3 N–H and O–H groups in total. The van der Waals surface area contributed by atoms with Gasteiger partial charge in [0.05, 0.1) is 11.0 Å². The first-order valence-corrected chi connectivity index (χ1v) is 7.49. The molecule has 0 aromatic rings. The molecule has 1 aliphatic rings. The van der Waals surface area contributed by atoms with Crippen LogP contribution in [0.1, 0.15) is 66.2 Å². The fraction of sp³-hybridized carbons (Fsp3) is 0.867. The number of carboxylic acids is 1. The first kappa shape index (κ1) is 16.8. The zero-order chi connectivity index (χ0) is 15.4. The largest absolute Gasteiger partial charge is 0.481 e. The highest BCUT2D eigenvalue weighted by Crippen LogP contribution is 2.30. The Kier molecular flexibility index (Phi) is 5.42. The highest BCUT2D eigenvalue weighted by molar-refractivity contribution is 5.79. The number of urea groups is 1. The maximum atomic E-state index is 12.1. The standard InChI is InChI=1S/C15H28N2O3/c1-14(2,12(18)19)15(3,4)17-13(20)16-11-9-7-5-6-8-10-11/h11H,5-10H2,1-4H3,(H,18,19)(H2,16,17,20). The van der Waals surface area contributed by atoms with E-state index in [0.717, 1.165) is 25.7 Å². The molecular formula is C15H28N2O3. The van der Waals surface area contributed by atoms with Crippen LogP contribution in [0.5, 0.6) is 0 Å². The lowest BCUT2D eigenvalue weighted by molar-refractivity contribution is -0.150. The van der Waals surface area contributed by atoms with Gasteiger partial charge in [0.1, 0.15) is 0 Å². The maximum Gasteiger partial charge on any atom is 0.315 e. The Morgan fingerprint density at radius 2 is 1.50 bits per heavy atom. The summed E-state index contributed by atoms with van der Waals surface area (Å²) >= 11 is 0. The number of carbonyl (C=O) groups excluding carboxylic acids is 1. The summed E-state index contributed by atoms with van der Waals surface area (Å²) in [6, 6.07) is -0.0579. The van der Waals surface area contributed by atoms with Gasteiger partial charge in [-0.25, -0.2) is 4.79 Å². The molecule has 0 aromatic carbocycles. The molecule has 116 valence electrons. The Hall–Kier alpha value is -1.26. The van der Waals surface area contributed by atoms with E-state index < -0.39 is 16.9 Å². The van der Waals surface area contributed by atoms with Gasteiger partial charge in [-0.2, -0.15) is 0 Å². The number of carbonyl (C=O) groups is 2. The minimum Gasteiger partial charge on any atom is -0.481 e. The molecule has 0 bridgehead atoms. The monoisotopic (exact) mass is 284 g/mol. The predicted molar refractivity (Wildman–Crippen MR) is 78.7 cm³/mol. The van der Waals surface area contributed by atoms with Gasteiger partial charge in [0.25, 0.3) is 0 Å². The van der Waals surface area contributed by atoms with Crippen molar-refractivity contribution in [2.24, 2.45) is 5.41 Å². The van der Waals surface area contributed by atoms with Crippen LogP contribution in [0.25, 0.3) is 0 Å². The molecule has 0 aromatic heterocycles. The fourth-order valence-electron chi connectivity index (χ4n) is 2.35. The van der Waals surface area contributed by atoms with Crippen LogP contribution in [0.4, 0.5) is 4.79 Å². The minimum absolute atomic E-state index is 0.209. The van der Waals surface area contributed by atoms with Crippen molar-refractivity contribution in [1.29, 1.82) is 0 Å². The fourth-order valence-corrected chi connectivity index (χ4v) is 2.35. The Bertz CT molecular complexity index is 356. The molecule has 0 radical (unpaired) electrons. The van der Waals surface area contributed by atoms with E-state index in [1.807, 2.05) is 0 Å². The molecule has 1 saturated carbocycles. The SMILES string of the molecule is CC(C)(NC(=O)NC1CCCCCC1)C(C)(C)C(=O)O. The molecule has 5 nitrogen and oxygen atoms in total. The van der Waals surface area contributed by atoms with Crippen LogP contribution in [0.15, 0.2) is 0 Å². The second-order valence-corrected chi connectivity index (χ2v) is 6.84. The summed E-state index contributed by atoms with van der Waals surface area (Å²) in [6.07, 6.45) is 6.78. The molecule has 1 aliphatic carbocycles. The number of carboxylic acid groups (broad SMARTS) is 1. The van der Waals surface area contributed by atoms with Crippen molar-refractivity contribution in [3.05, 3.63) is 0 Å². The van der Waals surface area contributed by atoms with Crippen LogP contribution in [-0.2, 0) is 4.79 Å². The smallest absolute Gasteiger partial charge is 0.315 e. The normalized spacial score (nSPS) is 18.2. The van der Waals surface area contributed by atoms with E-state index in [1.54, 1.807) is 27.7 Å². The van der Waals surface area contributed by atoms with Crippen LogP contribution >= 0.6 is 0 Å². The summed E-state index contributed by atoms with van der Waals surface area (Å²) in [5.74, 6) is -0.919. The molecule has 5 heteroatoms. The molecule has 2 amide bonds. The second kappa shape index (κ2) is 6.46. The molecule has 0 unspecified atom stereocenters. The summed E-state index contributed by atoms with van der Waals surface area (Å²) in [6.45, 7) is 6.74. The summed E-state index contributed by atoms with van der Waals surface area (Å²) in [5.41, 5.74) is -1.86. The molecule has 0 atom stereocenters. The Morgan fingerprint density at radius 3 is 1.95 bits per heavy atom. The number of nitrogens with one attached hydrogen (secondary N) is 2. The highest BCUT2D eigenvalue weighted by Gasteiger charge is 2.44. The Labute approximate surface area is 121 Å². The average molecular weight is 284 g/mol. The van der Waals surface area contributed by atoms with Gasteiger partial charge in [0.2, 0.25) is 0 Å². The van der Waals surface area contributed by atoms with Gasteiger partial charge in [0.15, 0.2) is 0 Å². The number of hydrogen-bond donors (Lipinski definition) is 3. The minimum atomic E-state index is -1.03. The van der Waals surface area contributed by atoms with Crippen molar-refractivity contribution < 1.29 is 14.7 Å². The van der Waals surface area contributed by atoms with E-state index in [1.165, 1.54) is 12.8 Å². The van der Waals surface area contributed by atoms with Crippen LogP contribution in [-0.4, -0.2) is 28.7 Å². The Morgan fingerprint density at radius 1 is 1.00 bits per heavy atom. The van der Waals surface area contributed by atoms with Crippen molar-refractivity contribution in [3.63, 3.8) is 0 Å². The molecule has 1 rings (SSSR count). The zero-order valence-electron chi connectivity index (χ0n) is 13.1. The topological polar surface area (TPSA) is 78.4 Å². The number of aliphatic carboxylic acids is 1. The number of rotatable bonds is 4. The lowest BCUT2D eigenvalue weighted by Crippen LogP contribution is -2.59. The van der Waals surface area contributed by atoms with Gasteiger partial charge in [0, 0.05) is 6.04 Å². The highest BCUT2D eigenvalue weighted by atomic mass is 16.4. The number of amides is 2. The Balaban J connectivity index is 2.58. The lowest BCUT2D eigenvalue weighted by atomic mass is 9.74. The average Bonchev–Trinajstić information content (AvgIpc) is 2.56. The van der Waals surface area contributed by atoms with Gasteiger partial charge in [-0.3, -0.25) is 4.79 Å². The van der Waals surface area contributed by atoms with Crippen LogP contribution in [0.2, 0.25) is 0 Å². The van der Waals surface area contributed by atoms with Crippen LogP contribution in [0.3, 0.4) is 0 Å². The van der Waals surface area contributed by atoms with E-state index >= 15 is 0 Å². The molecular weight excluding hydrogens is 256 g/mol. The van der Waals surface area contributed by atoms with Gasteiger partial charge in [-0.15, -0.1) is 0 Å². The van der Waals surface area contributed by atoms with Crippen molar-refractivity contribution in [3.8, 4) is 0 Å². The summed E-state index contributed by atoms with van der Waals surface area (Å²) in [7, 11) is 0. The van der Waals surface area contributed by atoms with E-state index in [4.69, 9.17) is 0 Å². The van der Waals surface area contributed by atoms with Crippen molar-refractivity contribution in [2.45, 2.75) is 77.8 Å². The van der Waals surface area contributed by atoms with E-state index in [-0.39, 0.29) is 12.1 Å². The van der Waals surface area contributed by atoms with Gasteiger partial charge >= 0.3 is 12.0 Å². The van der Waals surface area contributed by atoms with Gasteiger partial charge in [-0.05, 0) is 40.5 Å². The first-order valence-electron chi connectivity index (χ1n) is 7.49. The van der Waals surface area contributed by atoms with Crippen molar-refractivity contribution in [2.75, 3.05) is 0 Å². The van der Waals surface area contributed by atoms with Crippen LogP contribution < -0.4 is 10.6 Å². The molecule has 0 spiro atoms. The van der Waals surface area contributed by atoms with Gasteiger partial charge in [-0.1, -0.05) is 25.7 Å². The first-order chi connectivity index (χ1) is 9.17. The van der Waals surface area contributed by atoms with Crippen molar-refractivity contribution in [1.82, 2.24) is 10.6 Å². The maximum absolute atomic E-state index is 12.1. The molecule has 20 heavy (non-hydrogen) atoms. The van der Waals surface area contributed by atoms with Crippen molar-refractivity contribution >= 4 is 12.0 Å². The molecule has 0 saturated heterocycles. The molecule has 0 aliphatic heterocycles. The summed E-state index contributed by atoms with van der Waals surface area (Å²) in [4.78, 5) is 23.4. The van der Waals surface area contributed by atoms with E-state index in [9.17, 15) is 14.7 Å². The molecule has 0 heterocycles. The third-order valence-electron chi connectivity index (χ3n) is 4.71. The van der Waals surface area contributed by atoms with Crippen LogP contribution in [0, 0.1) is 5.41 Å². The quantitative estimate of drug-likeness (QED) is 0.695. The second-order valence-electron chi connectivity index (χ2n) is 6.84. The lowest BCUT2D eigenvalue weighted by Gasteiger charge is -2.39. The summed E-state index contributed by atoms with van der Waals surface area (Å²) in [5, 5.41) is 15.1. The molecule has 1 fully saturated rings. The van der Waals surface area contributed by atoms with E-state index in [0.29, 0.717) is 0 Å². The van der Waals surface area contributed by atoms with Gasteiger partial charge < -0.3 is 15.7 Å². The number of hydrogen-bond acceptors (Lipinski definition) is 2. The summed E-state index contributed by atoms with van der Waals surface area (Å²) < 4.78 is 0. The van der Waals surface area contributed by atoms with E-state index in [2.05, 4.69) is 10.6 Å².